The van der Waals surface area contributed by atoms with Crippen LogP contribution in [-0.2, 0) is 17.8 Å². The van der Waals surface area contributed by atoms with Gasteiger partial charge in [0.1, 0.15) is 0 Å². The molecular formula is C9H9ClF2N2O2. The molecule has 0 saturated carbocycles. The van der Waals surface area contributed by atoms with E-state index in [1.165, 1.54) is 0 Å². The first-order valence-corrected chi connectivity index (χ1v) is 4.71. The molecule has 1 heterocycles. The Morgan fingerprint density at radius 1 is 1.56 bits per heavy atom. The molecule has 0 aliphatic carbocycles. The van der Waals surface area contributed by atoms with Crippen LogP contribution >= 0.6 is 11.6 Å². The molecule has 4 nitrogen and oxygen atoms in total. The molecule has 0 fully saturated rings. The molecule has 0 aliphatic rings. The number of carboxylic acid groups (broad SMARTS) is 1. The molecule has 0 radical (unpaired) electrons. The fourth-order valence-corrected chi connectivity index (χ4v) is 1.44. The lowest BCUT2D eigenvalue weighted by molar-refractivity contribution is -0.136. The first-order valence-electron chi connectivity index (χ1n) is 4.34. The number of hydrogen-bond donors (Lipinski definition) is 2. The minimum absolute atomic E-state index is 0.0203. The molecule has 88 valence electrons. The van der Waals surface area contributed by atoms with Gasteiger partial charge in [-0.3, -0.25) is 9.78 Å². The van der Waals surface area contributed by atoms with Gasteiger partial charge in [0.15, 0.2) is 0 Å². The number of aromatic nitrogens is 1. The molecule has 0 aromatic carbocycles. The van der Waals surface area contributed by atoms with Gasteiger partial charge in [0, 0.05) is 12.1 Å². The number of rotatable bonds is 4. The van der Waals surface area contributed by atoms with Crippen molar-refractivity contribution in [1.82, 2.24) is 4.98 Å². The number of alkyl halides is 2. The summed E-state index contributed by atoms with van der Waals surface area (Å²) >= 11 is 5.66. The number of carbonyl (C=O) groups is 1. The number of carboxylic acids is 1. The van der Waals surface area contributed by atoms with E-state index >= 15 is 0 Å². The van der Waals surface area contributed by atoms with Gasteiger partial charge in [-0.2, -0.15) is 0 Å². The zero-order valence-electron chi connectivity index (χ0n) is 8.08. The Morgan fingerprint density at radius 3 is 2.62 bits per heavy atom. The highest BCUT2D eigenvalue weighted by Gasteiger charge is 2.19. The highest BCUT2D eigenvalue weighted by atomic mass is 35.5. The summed E-state index contributed by atoms with van der Waals surface area (Å²) in [5.74, 6) is -1.24. The lowest BCUT2D eigenvalue weighted by atomic mass is 10.1. The third-order valence-corrected chi connectivity index (χ3v) is 2.24. The Morgan fingerprint density at radius 2 is 2.19 bits per heavy atom. The van der Waals surface area contributed by atoms with Crippen LogP contribution in [0.1, 0.15) is 23.4 Å². The summed E-state index contributed by atoms with van der Waals surface area (Å²) in [5.41, 5.74) is 4.84. The summed E-state index contributed by atoms with van der Waals surface area (Å²) in [6, 6.07) is 1.01. The standard InChI is InChI=1S/C9H9ClF2N2O2/c10-5-1-4(9(11)12)6(2-8(15)16)14-7(5)3-13/h1,9H,2-3,13H2,(H,15,16). The maximum Gasteiger partial charge on any atom is 0.309 e. The monoisotopic (exact) mass is 250 g/mol. The predicted octanol–water partition coefficient (Wildman–Crippen LogP) is 1.76. The summed E-state index contributed by atoms with van der Waals surface area (Å²) in [6.07, 6.45) is -3.39. The third kappa shape index (κ3) is 2.86. The number of nitrogens with zero attached hydrogens (tertiary/aromatic N) is 1. The molecule has 16 heavy (non-hydrogen) atoms. The highest BCUT2D eigenvalue weighted by molar-refractivity contribution is 6.31. The zero-order valence-corrected chi connectivity index (χ0v) is 8.84. The van der Waals surface area contributed by atoms with Gasteiger partial charge in [-0.1, -0.05) is 11.6 Å². The zero-order chi connectivity index (χ0) is 12.3. The summed E-state index contributed by atoms with van der Waals surface area (Å²) in [5, 5.41) is 8.58. The molecule has 1 rings (SSSR count). The van der Waals surface area contributed by atoms with Crippen molar-refractivity contribution in [2.45, 2.75) is 19.4 Å². The quantitative estimate of drug-likeness (QED) is 0.854. The Balaban J connectivity index is 3.24. The number of hydrogen-bond acceptors (Lipinski definition) is 3. The Bertz CT molecular complexity index is 413. The van der Waals surface area contributed by atoms with Crippen LogP contribution in [0.5, 0.6) is 0 Å². The van der Waals surface area contributed by atoms with Crippen LogP contribution in [0.15, 0.2) is 6.07 Å². The molecule has 0 saturated heterocycles. The topological polar surface area (TPSA) is 76.2 Å². The maximum atomic E-state index is 12.6. The minimum atomic E-state index is -2.81. The second kappa shape index (κ2) is 5.18. The fourth-order valence-electron chi connectivity index (χ4n) is 1.20. The molecule has 0 amide bonds. The average Bonchev–Trinajstić information content (AvgIpc) is 2.19. The van der Waals surface area contributed by atoms with Crippen molar-refractivity contribution in [2.75, 3.05) is 0 Å². The lowest BCUT2D eigenvalue weighted by Gasteiger charge is -2.09. The van der Waals surface area contributed by atoms with Crippen LogP contribution in [0.2, 0.25) is 5.02 Å². The van der Waals surface area contributed by atoms with E-state index < -0.39 is 24.4 Å². The largest absolute Gasteiger partial charge is 0.481 e. The molecule has 3 N–H and O–H groups in total. The Kier molecular flexibility index (Phi) is 4.14. The average molecular weight is 251 g/mol. The number of nitrogens with two attached hydrogens (primary N) is 1. The van der Waals surface area contributed by atoms with Gasteiger partial charge in [-0.05, 0) is 6.07 Å². The smallest absolute Gasteiger partial charge is 0.309 e. The van der Waals surface area contributed by atoms with Crippen molar-refractivity contribution in [3.05, 3.63) is 28.0 Å². The van der Waals surface area contributed by atoms with Crippen molar-refractivity contribution in [2.24, 2.45) is 5.73 Å². The minimum Gasteiger partial charge on any atom is -0.481 e. The van der Waals surface area contributed by atoms with E-state index in [-0.39, 0.29) is 23.0 Å². The predicted molar refractivity (Wildman–Crippen MR) is 53.4 cm³/mol. The van der Waals surface area contributed by atoms with Crippen molar-refractivity contribution in [3.63, 3.8) is 0 Å². The second-order valence-corrected chi connectivity index (χ2v) is 3.44. The first-order chi connectivity index (χ1) is 7.45. The molecule has 0 spiro atoms. The summed E-state index contributed by atoms with van der Waals surface area (Å²) < 4.78 is 25.1. The van der Waals surface area contributed by atoms with Gasteiger partial charge in [-0.15, -0.1) is 0 Å². The van der Waals surface area contributed by atoms with Gasteiger partial charge in [0.25, 0.3) is 6.43 Å². The van der Waals surface area contributed by atoms with Gasteiger partial charge < -0.3 is 10.8 Å². The van der Waals surface area contributed by atoms with Crippen molar-refractivity contribution in [3.8, 4) is 0 Å². The fraction of sp³-hybridized carbons (Fsp3) is 0.333. The van der Waals surface area contributed by atoms with E-state index in [4.69, 9.17) is 22.4 Å². The van der Waals surface area contributed by atoms with E-state index in [2.05, 4.69) is 4.98 Å². The molecule has 0 atom stereocenters. The molecule has 0 unspecified atom stereocenters. The van der Waals surface area contributed by atoms with E-state index in [0.29, 0.717) is 0 Å². The molecule has 1 aromatic rings. The third-order valence-electron chi connectivity index (χ3n) is 1.91. The summed E-state index contributed by atoms with van der Waals surface area (Å²) in [6.45, 7) is -0.0328. The van der Waals surface area contributed by atoms with Crippen LogP contribution in [0, 0.1) is 0 Å². The molecule has 0 aliphatic heterocycles. The van der Waals surface area contributed by atoms with Crippen molar-refractivity contribution < 1.29 is 18.7 Å². The van der Waals surface area contributed by atoms with Crippen LogP contribution in [0.3, 0.4) is 0 Å². The van der Waals surface area contributed by atoms with Crippen LogP contribution in [0.25, 0.3) is 0 Å². The first kappa shape index (κ1) is 12.8. The van der Waals surface area contributed by atoms with E-state index in [1.54, 1.807) is 0 Å². The van der Waals surface area contributed by atoms with Crippen molar-refractivity contribution in [1.29, 1.82) is 0 Å². The van der Waals surface area contributed by atoms with E-state index in [0.717, 1.165) is 6.07 Å². The van der Waals surface area contributed by atoms with Crippen LogP contribution in [-0.4, -0.2) is 16.1 Å². The highest BCUT2D eigenvalue weighted by Crippen LogP contribution is 2.27. The lowest BCUT2D eigenvalue weighted by Crippen LogP contribution is -2.10. The summed E-state index contributed by atoms with van der Waals surface area (Å²) in [7, 11) is 0. The van der Waals surface area contributed by atoms with E-state index in [1.807, 2.05) is 0 Å². The maximum absolute atomic E-state index is 12.6. The summed E-state index contributed by atoms with van der Waals surface area (Å²) in [4.78, 5) is 14.2. The van der Waals surface area contributed by atoms with E-state index in [9.17, 15) is 13.6 Å². The number of halogens is 3. The Hall–Kier alpha value is -1.27. The van der Waals surface area contributed by atoms with Crippen LogP contribution in [0.4, 0.5) is 8.78 Å². The SMILES string of the molecule is NCc1nc(CC(=O)O)c(C(F)F)cc1Cl. The van der Waals surface area contributed by atoms with Crippen LogP contribution < -0.4 is 5.73 Å². The molecular weight excluding hydrogens is 242 g/mol. The molecule has 0 bridgehead atoms. The Labute approximate surface area is 95.0 Å². The normalized spacial score (nSPS) is 10.8. The molecule has 1 aromatic heterocycles. The second-order valence-electron chi connectivity index (χ2n) is 3.03. The number of pyridine rings is 1. The number of aliphatic carboxylic acids is 1. The molecule has 7 heteroatoms. The van der Waals surface area contributed by atoms with Gasteiger partial charge in [0.2, 0.25) is 0 Å². The van der Waals surface area contributed by atoms with Gasteiger partial charge in [0.05, 0.1) is 22.8 Å². The van der Waals surface area contributed by atoms with Gasteiger partial charge >= 0.3 is 5.97 Å². The van der Waals surface area contributed by atoms with Crippen molar-refractivity contribution >= 4 is 17.6 Å². The van der Waals surface area contributed by atoms with Gasteiger partial charge in [-0.25, -0.2) is 8.78 Å².